The molecule has 0 radical (unpaired) electrons. The van der Waals surface area contributed by atoms with Gasteiger partial charge in [-0.1, -0.05) is 20.3 Å². The minimum atomic E-state index is -0.546. The summed E-state index contributed by atoms with van der Waals surface area (Å²) < 4.78 is 0. The van der Waals surface area contributed by atoms with Gasteiger partial charge < -0.3 is 10.0 Å². The molecule has 1 aliphatic heterocycles. The molecule has 0 spiro atoms. The van der Waals surface area contributed by atoms with E-state index >= 15 is 0 Å². The SMILES string of the molecule is CCC1CC([C@@H](C)N2C[C@@H]3Cc4ccncc4C[C@@H]3C2=O)C[C@@](O)(CC)C1. The average Bonchev–Trinajstić information content (AvgIpc) is 3.01. The molecule has 2 fully saturated rings. The smallest absolute Gasteiger partial charge is 0.226 e. The third kappa shape index (κ3) is 3.41. The molecule has 4 rings (SSSR count). The number of fused-ring (bicyclic) bond motifs is 2. The van der Waals surface area contributed by atoms with Crippen molar-refractivity contribution in [2.45, 2.75) is 77.4 Å². The second-order valence-electron chi connectivity index (χ2n) is 9.41. The number of likely N-dealkylation sites (tertiary alicyclic amines) is 1. The summed E-state index contributed by atoms with van der Waals surface area (Å²) in [5, 5.41) is 11.0. The van der Waals surface area contributed by atoms with Gasteiger partial charge in [0.05, 0.1) is 5.60 Å². The van der Waals surface area contributed by atoms with Gasteiger partial charge in [-0.25, -0.2) is 0 Å². The fourth-order valence-corrected chi connectivity index (χ4v) is 6.00. The fraction of sp³-hybridized carbons (Fsp3) is 0.739. The van der Waals surface area contributed by atoms with Gasteiger partial charge in [0.1, 0.15) is 0 Å². The van der Waals surface area contributed by atoms with Crippen molar-refractivity contribution in [3.05, 3.63) is 29.6 Å². The number of nitrogens with zero attached hydrogens (tertiary/aromatic N) is 2. The van der Waals surface area contributed by atoms with Crippen LogP contribution in [0.4, 0.5) is 0 Å². The van der Waals surface area contributed by atoms with E-state index < -0.39 is 5.60 Å². The first-order chi connectivity index (χ1) is 12.9. The van der Waals surface area contributed by atoms with Gasteiger partial charge in [-0.15, -0.1) is 0 Å². The summed E-state index contributed by atoms with van der Waals surface area (Å²) in [5.41, 5.74) is 2.08. The number of hydrogen-bond donors (Lipinski definition) is 1. The van der Waals surface area contributed by atoms with Crippen LogP contribution in [0.15, 0.2) is 18.5 Å². The van der Waals surface area contributed by atoms with Crippen LogP contribution in [0.1, 0.15) is 64.0 Å². The van der Waals surface area contributed by atoms with Crippen LogP contribution in [0.25, 0.3) is 0 Å². The van der Waals surface area contributed by atoms with Gasteiger partial charge in [-0.3, -0.25) is 9.78 Å². The molecule has 4 nitrogen and oxygen atoms in total. The normalized spacial score (nSPS) is 37.0. The number of amides is 1. The largest absolute Gasteiger partial charge is 0.390 e. The number of aromatic nitrogens is 1. The van der Waals surface area contributed by atoms with E-state index in [1.165, 1.54) is 11.1 Å². The van der Waals surface area contributed by atoms with Crippen LogP contribution in [0.2, 0.25) is 0 Å². The zero-order chi connectivity index (χ0) is 19.2. The van der Waals surface area contributed by atoms with Crippen molar-refractivity contribution in [1.29, 1.82) is 0 Å². The summed E-state index contributed by atoms with van der Waals surface area (Å²) in [6, 6.07) is 2.34. The fourth-order valence-electron chi connectivity index (χ4n) is 6.00. The number of hydrogen-bond acceptors (Lipinski definition) is 3. The van der Waals surface area contributed by atoms with E-state index in [0.29, 0.717) is 23.7 Å². The Labute approximate surface area is 163 Å². The molecule has 1 aromatic rings. The summed E-state index contributed by atoms with van der Waals surface area (Å²) >= 11 is 0. The van der Waals surface area contributed by atoms with Crippen LogP contribution in [-0.2, 0) is 17.6 Å². The number of aliphatic hydroxyl groups is 1. The third-order valence-corrected chi connectivity index (χ3v) is 7.88. The van der Waals surface area contributed by atoms with Gasteiger partial charge in [0.25, 0.3) is 0 Å². The van der Waals surface area contributed by atoms with Crippen LogP contribution in [0.5, 0.6) is 0 Å². The van der Waals surface area contributed by atoms with Crippen LogP contribution in [-0.4, -0.2) is 39.1 Å². The zero-order valence-electron chi connectivity index (χ0n) is 17.0. The Hall–Kier alpha value is -1.42. The topological polar surface area (TPSA) is 53.4 Å². The summed E-state index contributed by atoms with van der Waals surface area (Å²) in [5.74, 6) is 1.87. The van der Waals surface area contributed by atoms with Crippen molar-refractivity contribution >= 4 is 5.91 Å². The molecule has 148 valence electrons. The Morgan fingerprint density at radius 3 is 2.85 bits per heavy atom. The van der Waals surface area contributed by atoms with Crippen LogP contribution in [0.3, 0.4) is 0 Å². The molecule has 1 saturated heterocycles. The van der Waals surface area contributed by atoms with Crippen LogP contribution < -0.4 is 0 Å². The van der Waals surface area contributed by atoms with E-state index in [1.54, 1.807) is 0 Å². The highest BCUT2D eigenvalue weighted by molar-refractivity contribution is 5.82. The number of pyridine rings is 1. The Balaban J connectivity index is 1.50. The monoisotopic (exact) mass is 370 g/mol. The highest BCUT2D eigenvalue weighted by Gasteiger charge is 2.47. The second kappa shape index (κ2) is 7.20. The summed E-state index contributed by atoms with van der Waals surface area (Å²) in [6.07, 6.45) is 10.5. The lowest BCUT2D eigenvalue weighted by atomic mass is 9.68. The van der Waals surface area contributed by atoms with Gasteiger partial charge in [-0.05, 0) is 80.4 Å². The number of rotatable bonds is 4. The predicted molar refractivity (Wildman–Crippen MR) is 106 cm³/mol. The predicted octanol–water partition coefficient (Wildman–Crippen LogP) is 3.61. The van der Waals surface area contributed by atoms with Crippen LogP contribution in [0, 0.1) is 23.7 Å². The molecule has 2 heterocycles. The molecule has 4 heteroatoms. The molecule has 27 heavy (non-hydrogen) atoms. The second-order valence-corrected chi connectivity index (χ2v) is 9.41. The Kier molecular flexibility index (Phi) is 5.04. The molecule has 2 unspecified atom stereocenters. The van der Waals surface area contributed by atoms with E-state index in [9.17, 15) is 9.90 Å². The number of carbonyl (C=O) groups is 1. The highest BCUT2D eigenvalue weighted by atomic mass is 16.3. The van der Waals surface area contributed by atoms with Crippen molar-refractivity contribution in [3.63, 3.8) is 0 Å². The molecular formula is C23H34N2O2. The molecule has 2 aliphatic carbocycles. The van der Waals surface area contributed by atoms with Crippen molar-refractivity contribution in [3.8, 4) is 0 Å². The summed E-state index contributed by atoms with van der Waals surface area (Å²) in [4.78, 5) is 19.7. The van der Waals surface area contributed by atoms with E-state index in [-0.39, 0.29) is 12.0 Å². The van der Waals surface area contributed by atoms with Gasteiger partial charge in [0.15, 0.2) is 0 Å². The molecule has 3 aliphatic rings. The van der Waals surface area contributed by atoms with Crippen molar-refractivity contribution in [2.75, 3.05) is 6.54 Å². The lowest BCUT2D eigenvalue weighted by Crippen LogP contribution is -2.47. The molecule has 0 bridgehead atoms. The van der Waals surface area contributed by atoms with Crippen molar-refractivity contribution in [2.24, 2.45) is 23.7 Å². The Morgan fingerprint density at radius 2 is 2.11 bits per heavy atom. The quantitative estimate of drug-likeness (QED) is 0.881. The number of carbonyl (C=O) groups excluding carboxylic acids is 1. The summed E-state index contributed by atoms with van der Waals surface area (Å²) in [7, 11) is 0. The average molecular weight is 371 g/mol. The maximum absolute atomic E-state index is 13.3. The van der Waals surface area contributed by atoms with Gasteiger partial charge in [-0.2, -0.15) is 0 Å². The lowest BCUT2D eigenvalue weighted by Gasteiger charge is -2.44. The highest BCUT2D eigenvalue weighted by Crippen LogP contribution is 2.44. The Bertz CT molecular complexity index is 705. The zero-order valence-corrected chi connectivity index (χ0v) is 17.0. The molecule has 1 saturated carbocycles. The van der Waals surface area contributed by atoms with Crippen molar-refractivity contribution in [1.82, 2.24) is 9.88 Å². The first kappa shape index (κ1) is 18.9. The molecule has 1 aromatic heterocycles. The van der Waals surface area contributed by atoms with Gasteiger partial charge in [0.2, 0.25) is 5.91 Å². The van der Waals surface area contributed by atoms with Crippen molar-refractivity contribution < 1.29 is 9.90 Å². The minimum Gasteiger partial charge on any atom is -0.390 e. The molecule has 6 atom stereocenters. The summed E-state index contributed by atoms with van der Waals surface area (Å²) in [6.45, 7) is 7.43. The first-order valence-electron chi connectivity index (χ1n) is 10.9. The van der Waals surface area contributed by atoms with Gasteiger partial charge >= 0.3 is 0 Å². The Morgan fingerprint density at radius 1 is 1.30 bits per heavy atom. The standard InChI is InChI=1S/C23H34N2O2/c1-4-16-8-18(12-23(27,5-2)11-16)15(3)25-14-20-9-17-6-7-24-13-19(17)10-21(20)22(25)26/h6-7,13,15-16,18,20-21,27H,4-5,8-12,14H2,1-3H3/t15-,16?,18?,20+,21+,23-/m1/s1. The molecule has 1 amide bonds. The first-order valence-corrected chi connectivity index (χ1v) is 10.9. The van der Waals surface area contributed by atoms with E-state index in [1.807, 2.05) is 12.4 Å². The lowest BCUT2D eigenvalue weighted by molar-refractivity contribution is -0.135. The minimum absolute atomic E-state index is 0.125. The van der Waals surface area contributed by atoms with Crippen LogP contribution >= 0.6 is 0 Å². The van der Waals surface area contributed by atoms with E-state index in [4.69, 9.17) is 0 Å². The maximum atomic E-state index is 13.3. The molecule has 0 aromatic carbocycles. The third-order valence-electron chi connectivity index (χ3n) is 7.88. The van der Waals surface area contributed by atoms with E-state index in [0.717, 1.165) is 51.5 Å². The van der Waals surface area contributed by atoms with Gasteiger partial charge in [0, 0.05) is 30.9 Å². The van der Waals surface area contributed by atoms with E-state index in [2.05, 4.69) is 36.7 Å². The molecule has 1 N–H and O–H groups in total. The maximum Gasteiger partial charge on any atom is 0.226 e. The molecular weight excluding hydrogens is 336 g/mol.